The largest absolute Gasteiger partial charge is 0.370 e. The predicted octanol–water partition coefficient (Wildman–Crippen LogP) is 0.466. The van der Waals surface area contributed by atoms with Gasteiger partial charge in [0.05, 0.1) is 6.33 Å². The van der Waals surface area contributed by atoms with Crippen molar-refractivity contribution in [3.8, 4) is 0 Å². The molecule has 18 heavy (non-hydrogen) atoms. The highest BCUT2D eigenvalue weighted by Gasteiger charge is 2.23. The summed E-state index contributed by atoms with van der Waals surface area (Å²) < 4.78 is 0.614. The number of hydrogen-bond acceptors (Lipinski definition) is 4. The van der Waals surface area contributed by atoms with Gasteiger partial charge in [-0.25, -0.2) is 4.98 Å². The van der Waals surface area contributed by atoms with E-state index in [9.17, 15) is 9.59 Å². The maximum atomic E-state index is 11.5. The summed E-state index contributed by atoms with van der Waals surface area (Å²) in [6.45, 7) is 1.62. The van der Waals surface area contributed by atoms with Gasteiger partial charge in [-0.05, 0) is 41.4 Å². The van der Waals surface area contributed by atoms with Crippen molar-refractivity contribution in [2.24, 2.45) is 11.7 Å². The highest BCUT2D eigenvalue weighted by Crippen LogP contribution is 2.25. The molecule has 0 bridgehead atoms. The quantitative estimate of drug-likeness (QED) is 0.765. The first-order valence-corrected chi connectivity index (χ1v) is 6.92. The number of carbonyl (C=O) groups excluding carboxylic acids is 1. The van der Waals surface area contributed by atoms with Gasteiger partial charge in [0.15, 0.2) is 0 Å². The van der Waals surface area contributed by atoms with Gasteiger partial charge in [-0.2, -0.15) is 0 Å². The minimum absolute atomic E-state index is 0.111. The number of amides is 1. The second-order valence-electron chi connectivity index (χ2n) is 4.47. The molecule has 2 heterocycles. The Morgan fingerprint density at radius 2 is 2.22 bits per heavy atom. The average Bonchev–Trinajstić information content (AvgIpc) is 2.33. The number of rotatable bonds is 3. The molecule has 1 amide bonds. The molecular formula is C11H15IN4O2. The lowest BCUT2D eigenvalue weighted by atomic mass is 9.93. The Morgan fingerprint density at radius 3 is 2.83 bits per heavy atom. The van der Waals surface area contributed by atoms with E-state index in [1.807, 2.05) is 22.6 Å². The smallest absolute Gasteiger partial charge is 0.266 e. The minimum atomic E-state index is -0.239. The van der Waals surface area contributed by atoms with Crippen molar-refractivity contribution in [3.05, 3.63) is 20.3 Å². The van der Waals surface area contributed by atoms with Gasteiger partial charge in [0.1, 0.15) is 9.39 Å². The molecule has 1 aromatic heterocycles. The topological polar surface area (TPSA) is 92.1 Å². The van der Waals surface area contributed by atoms with Gasteiger partial charge >= 0.3 is 0 Å². The molecule has 1 fully saturated rings. The zero-order chi connectivity index (χ0) is 13.1. The third-order valence-corrected chi connectivity index (χ3v) is 4.15. The molecule has 0 saturated carbocycles. The molecule has 2 rings (SSSR count). The zero-order valence-electron chi connectivity index (χ0n) is 9.86. The summed E-state index contributed by atoms with van der Waals surface area (Å²) in [5.41, 5.74) is 5.09. The molecule has 98 valence electrons. The Balaban J connectivity index is 2.03. The van der Waals surface area contributed by atoms with Crippen molar-refractivity contribution < 1.29 is 4.79 Å². The molecule has 0 radical (unpaired) electrons. The molecule has 0 unspecified atom stereocenters. The van der Waals surface area contributed by atoms with Gasteiger partial charge < -0.3 is 15.6 Å². The number of anilines is 1. The standard InChI is InChI=1S/C11H15IN4O2/c12-9-10(14-6-15-11(9)18)16-3-1-7(2-4-16)5-8(13)17/h6-7H,1-5H2,(H2,13,17)(H,14,15,18). The van der Waals surface area contributed by atoms with Crippen LogP contribution in [-0.4, -0.2) is 29.0 Å². The summed E-state index contributed by atoms with van der Waals surface area (Å²) in [7, 11) is 0. The van der Waals surface area contributed by atoms with Crippen molar-refractivity contribution in [3.63, 3.8) is 0 Å². The molecular weight excluding hydrogens is 347 g/mol. The van der Waals surface area contributed by atoms with Crippen molar-refractivity contribution in [2.45, 2.75) is 19.3 Å². The molecule has 0 atom stereocenters. The van der Waals surface area contributed by atoms with Crippen LogP contribution in [0.5, 0.6) is 0 Å². The number of carbonyl (C=O) groups is 1. The maximum absolute atomic E-state index is 11.5. The summed E-state index contributed by atoms with van der Waals surface area (Å²) in [4.78, 5) is 31.2. The lowest BCUT2D eigenvalue weighted by molar-refractivity contribution is -0.119. The molecule has 0 aliphatic carbocycles. The average molecular weight is 362 g/mol. The number of primary amides is 1. The maximum Gasteiger partial charge on any atom is 0.266 e. The van der Waals surface area contributed by atoms with Crippen LogP contribution in [0.25, 0.3) is 0 Å². The van der Waals surface area contributed by atoms with Crippen LogP contribution in [-0.2, 0) is 4.79 Å². The van der Waals surface area contributed by atoms with E-state index >= 15 is 0 Å². The van der Waals surface area contributed by atoms with Crippen LogP contribution in [0.1, 0.15) is 19.3 Å². The van der Waals surface area contributed by atoms with Crippen LogP contribution in [0, 0.1) is 9.49 Å². The zero-order valence-corrected chi connectivity index (χ0v) is 12.0. The van der Waals surface area contributed by atoms with E-state index in [-0.39, 0.29) is 11.5 Å². The van der Waals surface area contributed by atoms with Crippen LogP contribution in [0.4, 0.5) is 5.82 Å². The third-order valence-electron chi connectivity index (χ3n) is 3.18. The summed E-state index contributed by atoms with van der Waals surface area (Å²) in [5, 5.41) is 0. The monoisotopic (exact) mass is 362 g/mol. The summed E-state index contributed by atoms with van der Waals surface area (Å²) in [6.07, 6.45) is 3.70. The van der Waals surface area contributed by atoms with Crippen LogP contribution in [0.2, 0.25) is 0 Å². The number of piperidine rings is 1. The number of aromatic amines is 1. The molecule has 1 aliphatic heterocycles. The predicted molar refractivity (Wildman–Crippen MR) is 76.3 cm³/mol. The van der Waals surface area contributed by atoms with Crippen LogP contribution < -0.4 is 16.2 Å². The molecule has 3 N–H and O–H groups in total. The number of hydrogen-bond donors (Lipinski definition) is 2. The summed E-state index contributed by atoms with van der Waals surface area (Å²) in [6, 6.07) is 0. The fraction of sp³-hybridized carbons (Fsp3) is 0.545. The van der Waals surface area contributed by atoms with Gasteiger partial charge in [0.2, 0.25) is 5.91 Å². The lowest BCUT2D eigenvalue weighted by Crippen LogP contribution is -2.37. The molecule has 0 spiro atoms. The Hall–Kier alpha value is -1.12. The number of nitrogens with zero attached hydrogens (tertiary/aromatic N) is 2. The van der Waals surface area contributed by atoms with Gasteiger partial charge in [0.25, 0.3) is 5.56 Å². The first-order valence-electron chi connectivity index (χ1n) is 5.84. The molecule has 1 aromatic rings. The van der Waals surface area contributed by atoms with E-state index in [1.54, 1.807) is 0 Å². The lowest BCUT2D eigenvalue weighted by Gasteiger charge is -2.32. The van der Waals surface area contributed by atoms with E-state index < -0.39 is 0 Å². The first kappa shape index (κ1) is 13.3. The molecule has 7 heteroatoms. The van der Waals surface area contributed by atoms with E-state index in [2.05, 4.69) is 14.9 Å². The van der Waals surface area contributed by atoms with E-state index in [1.165, 1.54) is 6.33 Å². The number of nitrogens with two attached hydrogens (primary N) is 1. The summed E-state index contributed by atoms with van der Waals surface area (Å²) >= 11 is 2.01. The second-order valence-corrected chi connectivity index (χ2v) is 5.55. The van der Waals surface area contributed by atoms with Gasteiger partial charge in [-0.15, -0.1) is 0 Å². The highest BCUT2D eigenvalue weighted by molar-refractivity contribution is 14.1. The Bertz CT molecular complexity index is 494. The van der Waals surface area contributed by atoms with Gasteiger partial charge in [-0.3, -0.25) is 9.59 Å². The minimum Gasteiger partial charge on any atom is -0.370 e. The van der Waals surface area contributed by atoms with Crippen LogP contribution in [0.15, 0.2) is 11.1 Å². The first-order chi connectivity index (χ1) is 8.58. The Kier molecular flexibility index (Phi) is 4.20. The fourth-order valence-corrected chi connectivity index (χ4v) is 2.86. The number of aromatic nitrogens is 2. The highest BCUT2D eigenvalue weighted by atomic mass is 127. The van der Waals surface area contributed by atoms with Gasteiger partial charge in [0, 0.05) is 19.5 Å². The van der Waals surface area contributed by atoms with Crippen molar-refractivity contribution in [2.75, 3.05) is 18.0 Å². The van der Waals surface area contributed by atoms with Crippen molar-refractivity contribution in [1.29, 1.82) is 0 Å². The fourth-order valence-electron chi connectivity index (χ4n) is 2.23. The number of halogens is 1. The molecule has 0 aromatic carbocycles. The molecule has 1 saturated heterocycles. The summed E-state index contributed by atoms with van der Waals surface area (Å²) in [5.74, 6) is 0.854. The van der Waals surface area contributed by atoms with E-state index in [4.69, 9.17) is 5.73 Å². The molecule has 6 nitrogen and oxygen atoms in total. The normalized spacial score (nSPS) is 16.8. The molecule has 1 aliphatic rings. The number of H-pyrrole nitrogens is 1. The van der Waals surface area contributed by atoms with Crippen molar-refractivity contribution >= 4 is 34.3 Å². The van der Waals surface area contributed by atoms with Crippen molar-refractivity contribution in [1.82, 2.24) is 9.97 Å². The number of nitrogens with one attached hydrogen (secondary N) is 1. The van der Waals surface area contributed by atoms with Crippen LogP contribution in [0.3, 0.4) is 0 Å². The van der Waals surface area contributed by atoms with E-state index in [0.717, 1.165) is 31.7 Å². The van der Waals surface area contributed by atoms with E-state index in [0.29, 0.717) is 15.9 Å². The Labute approximate surface area is 118 Å². The SMILES string of the molecule is NC(=O)CC1CCN(c2nc[nH]c(=O)c2I)CC1. The Morgan fingerprint density at radius 1 is 1.56 bits per heavy atom. The third kappa shape index (κ3) is 3.01. The van der Waals surface area contributed by atoms with Crippen LogP contribution >= 0.6 is 22.6 Å². The second kappa shape index (κ2) is 5.68. The van der Waals surface area contributed by atoms with Gasteiger partial charge in [-0.1, -0.05) is 0 Å².